The van der Waals surface area contributed by atoms with Gasteiger partial charge in [-0.15, -0.1) is 0 Å². The van der Waals surface area contributed by atoms with Gasteiger partial charge in [0.25, 0.3) is 0 Å². The van der Waals surface area contributed by atoms with Crippen molar-refractivity contribution in [2.24, 2.45) is 0 Å². The summed E-state index contributed by atoms with van der Waals surface area (Å²) >= 11 is 0. The second kappa shape index (κ2) is 8.68. The molecule has 0 aliphatic heterocycles. The molecular weight excluding hydrogens is 326 g/mol. The molecule has 0 unspecified atom stereocenters. The lowest BCUT2D eigenvalue weighted by Crippen LogP contribution is -2.04. The first kappa shape index (κ1) is 18.2. The molecule has 0 fully saturated rings. The largest absolute Gasteiger partial charge is 0.478 e. The fourth-order valence-corrected chi connectivity index (χ4v) is 3.40. The summed E-state index contributed by atoms with van der Waals surface area (Å²) in [6.45, 7) is 4.13. The van der Waals surface area contributed by atoms with Crippen molar-refractivity contribution >= 4 is 16.9 Å². The fraction of sp³-hybridized carbons (Fsp3) is 0.318. The number of aromatic nitrogens is 1. The molecule has 3 aromatic rings. The number of carboxylic acid groups (broad SMARTS) is 1. The maximum Gasteiger partial charge on any atom is 0.338 e. The highest BCUT2D eigenvalue weighted by atomic mass is 16.5. The number of aromatic carboxylic acids is 1. The van der Waals surface area contributed by atoms with E-state index in [-0.39, 0.29) is 0 Å². The van der Waals surface area contributed by atoms with Crippen molar-refractivity contribution in [3.8, 4) is 0 Å². The molecule has 136 valence electrons. The second-order valence-electron chi connectivity index (χ2n) is 6.53. The molecule has 26 heavy (non-hydrogen) atoms. The molecule has 0 saturated carbocycles. The van der Waals surface area contributed by atoms with Gasteiger partial charge in [-0.1, -0.05) is 48.5 Å². The Balaban J connectivity index is 1.49. The molecule has 4 nitrogen and oxygen atoms in total. The number of aryl methyl sites for hydroxylation is 1. The van der Waals surface area contributed by atoms with Gasteiger partial charge < -0.3 is 14.4 Å². The molecule has 3 rings (SSSR count). The monoisotopic (exact) mass is 351 g/mol. The fourth-order valence-electron chi connectivity index (χ4n) is 3.40. The molecule has 0 atom stereocenters. The first-order valence-corrected chi connectivity index (χ1v) is 9.11. The summed E-state index contributed by atoms with van der Waals surface area (Å²) in [7, 11) is 0. The maximum atomic E-state index is 11.6. The minimum absolute atomic E-state index is 0.423. The highest BCUT2D eigenvalue weighted by Crippen LogP contribution is 2.26. The molecular formula is C22H25NO3. The molecule has 1 N–H and O–H groups in total. The highest BCUT2D eigenvalue weighted by molar-refractivity contribution is 6.05. The lowest BCUT2D eigenvalue weighted by molar-refractivity contribution is 0.0698. The molecule has 1 aromatic heterocycles. The van der Waals surface area contributed by atoms with Crippen LogP contribution < -0.4 is 0 Å². The molecule has 0 aliphatic rings. The summed E-state index contributed by atoms with van der Waals surface area (Å²) in [5.74, 6) is -0.855. The van der Waals surface area contributed by atoms with E-state index in [0.717, 1.165) is 49.0 Å². The molecule has 0 spiro atoms. The van der Waals surface area contributed by atoms with E-state index in [4.69, 9.17) is 4.74 Å². The first-order valence-electron chi connectivity index (χ1n) is 9.11. The van der Waals surface area contributed by atoms with E-state index < -0.39 is 5.97 Å². The first-order chi connectivity index (χ1) is 12.7. The highest BCUT2D eigenvalue weighted by Gasteiger charge is 2.18. The van der Waals surface area contributed by atoms with Crippen molar-refractivity contribution in [2.45, 2.75) is 39.3 Å². The van der Waals surface area contributed by atoms with Crippen LogP contribution in [-0.2, 0) is 17.9 Å². The van der Waals surface area contributed by atoms with Gasteiger partial charge in [-0.05, 0) is 37.8 Å². The Kier molecular flexibility index (Phi) is 6.08. The van der Waals surface area contributed by atoms with Crippen LogP contribution in [0.25, 0.3) is 10.9 Å². The summed E-state index contributed by atoms with van der Waals surface area (Å²) in [4.78, 5) is 11.6. The Labute approximate surface area is 154 Å². The van der Waals surface area contributed by atoms with Gasteiger partial charge in [0.1, 0.15) is 0 Å². The van der Waals surface area contributed by atoms with Crippen LogP contribution in [0.2, 0.25) is 0 Å². The van der Waals surface area contributed by atoms with Crippen LogP contribution in [0, 0.1) is 6.92 Å². The van der Waals surface area contributed by atoms with Crippen LogP contribution in [-0.4, -0.2) is 22.2 Å². The van der Waals surface area contributed by atoms with Crippen LogP contribution in [0.1, 0.15) is 40.9 Å². The van der Waals surface area contributed by atoms with Crippen molar-refractivity contribution < 1.29 is 14.6 Å². The summed E-state index contributed by atoms with van der Waals surface area (Å²) in [6.07, 6.45) is 3.08. The number of fused-ring (bicyclic) bond motifs is 1. The van der Waals surface area contributed by atoms with E-state index in [1.165, 1.54) is 5.56 Å². The Hall–Kier alpha value is -2.59. The SMILES string of the molecule is Cc1c(C(=O)O)c2ccccc2n1CCCCCOCc1ccccc1. The van der Waals surface area contributed by atoms with Gasteiger partial charge in [-0.25, -0.2) is 4.79 Å². The molecule has 4 heteroatoms. The van der Waals surface area contributed by atoms with Gasteiger partial charge in [0.05, 0.1) is 12.2 Å². The number of ether oxygens (including phenoxy) is 1. The number of unbranched alkanes of at least 4 members (excludes halogenated alkanes) is 2. The molecule has 1 heterocycles. The Morgan fingerprint density at radius 2 is 1.73 bits per heavy atom. The van der Waals surface area contributed by atoms with Crippen LogP contribution in [0.3, 0.4) is 0 Å². The summed E-state index contributed by atoms with van der Waals surface area (Å²) in [5, 5.41) is 10.3. The molecule has 0 amide bonds. The predicted molar refractivity (Wildman–Crippen MR) is 104 cm³/mol. The minimum Gasteiger partial charge on any atom is -0.478 e. The standard InChI is InChI=1S/C22H25NO3/c1-17-21(22(24)25)19-12-6-7-13-20(19)23(17)14-8-3-9-15-26-16-18-10-4-2-5-11-18/h2,4-7,10-13H,3,8-9,14-16H2,1H3,(H,24,25). The number of carbonyl (C=O) groups is 1. The Bertz CT molecular complexity index is 868. The van der Waals surface area contributed by atoms with E-state index >= 15 is 0 Å². The number of rotatable bonds is 9. The summed E-state index contributed by atoms with van der Waals surface area (Å²) in [6, 6.07) is 17.9. The molecule has 0 saturated heterocycles. The van der Waals surface area contributed by atoms with Crippen molar-refractivity contribution in [1.29, 1.82) is 0 Å². The third-order valence-electron chi connectivity index (χ3n) is 4.73. The number of hydrogen-bond donors (Lipinski definition) is 1. The average molecular weight is 351 g/mol. The van der Waals surface area contributed by atoms with Gasteiger partial charge in [-0.2, -0.15) is 0 Å². The van der Waals surface area contributed by atoms with E-state index in [1.54, 1.807) is 0 Å². The normalized spacial score (nSPS) is 11.1. The van der Waals surface area contributed by atoms with Crippen LogP contribution in [0.5, 0.6) is 0 Å². The molecule has 0 bridgehead atoms. The zero-order chi connectivity index (χ0) is 18.4. The summed E-state index contributed by atoms with van der Waals surface area (Å²) < 4.78 is 7.85. The summed E-state index contributed by atoms with van der Waals surface area (Å²) in [5.41, 5.74) is 3.46. The molecule has 2 aromatic carbocycles. The van der Waals surface area contributed by atoms with Crippen molar-refractivity contribution in [2.75, 3.05) is 6.61 Å². The number of hydrogen-bond acceptors (Lipinski definition) is 2. The zero-order valence-electron chi connectivity index (χ0n) is 15.1. The number of benzene rings is 2. The third kappa shape index (κ3) is 4.14. The molecule has 0 aliphatic carbocycles. The van der Waals surface area contributed by atoms with Crippen molar-refractivity contribution in [3.05, 3.63) is 71.4 Å². The smallest absolute Gasteiger partial charge is 0.338 e. The number of carboxylic acids is 1. The van der Waals surface area contributed by atoms with E-state index in [1.807, 2.05) is 49.4 Å². The van der Waals surface area contributed by atoms with Crippen LogP contribution >= 0.6 is 0 Å². The second-order valence-corrected chi connectivity index (χ2v) is 6.53. The lowest BCUT2D eigenvalue weighted by atomic mass is 10.1. The third-order valence-corrected chi connectivity index (χ3v) is 4.73. The number of nitrogens with zero attached hydrogens (tertiary/aromatic N) is 1. The number of para-hydroxylation sites is 1. The Morgan fingerprint density at radius 3 is 2.50 bits per heavy atom. The maximum absolute atomic E-state index is 11.6. The van der Waals surface area contributed by atoms with Gasteiger partial charge >= 0.3 is 5.97 Å². The van der Waals surface area contributed by atoms with E-state index in [0.29, 0.717) is 12.2 Å². The predicted octanol–water partition coefficient (Wildman–Crippen LogP) is 5.04. The molecule has 0 radical (unpaired) electrons. The lowest BCUT2D eigenvalue weighted by Gasteiger charge is -2.09. The van der Waals surface area contributed by atoms with Crippen LogP contribution in [0.15, 0.2) is 54.6 Å². The van der Waals surface area contributed by atoms with Crippen molar-refractivity contribution in [3.63, 3.8) is 0 Å². The Morgan fingerprint density at radius 1 is 1.00 bits per heavy atom. The topological polar surface area (TPSA) is 51.5 Å². The van der Waals surface area contributed by atoms with Gasteiger partial charge in [0.2, 0.25) is 0 Å². The quantitative estimate of drug-likeness (QED) is 0.550. The van der Waals surface area contributed by atoms with Crippen molar-refractivity contribution in [1.82, 2.24) is 4.57 Å². The van der Waals surface area contributed by atoms with Crippen LogP contribution in [0.4, 0.5) is 0 Å². The van der Waals surface area contributed by atoms with E-state index in [2.05, 4.69) is 16.7 Å². The van der Waals surface area contributed by atoms with Gasteiger partial charge in [0.15, 0.2) is 0 Å². The van der Waals surface area contributed by atoms with E-state index in [9.17, 15) is 9.90 Å². The minimum atomic E-state index is -0.855. The zero-order valence-corrected chi connectivity index (χ0v) is 15.1. The van der Waals surface area contributed by atoms with Gasteiger partial charge in [0, 0.05) is 29.7 Å². The average Bonchev–Trinajstić information content (AvgIpc) is 2.93. The van der Waals surface area contributed by atoms with Gasteiger partial charge in [-0.3, -0.25) is 0 Å².